The Kier molecular flexibility index (Phi) is 4.57. The van der Waals surface area contributed by atoms with E-state index in [0.29, 0.717) is 19.0 Å². The Hall–Kier alpha value is -1.66. The smallest absolute Gasteiger partial charge is 0.237 e. The average molecular weight is 293 g/mol. The Labute approximate surface area is 122 Å². The molecule has 0 aliphatic carbocycles. The van der Waals surface area contributed by atoms with E-state index in [1.54, 1.807) is 18.4 Å². The number of likely N-dealkylation sites (N-methyl/N-ethyl adjacent to an activating group) is 2. The first-order chi connectivity index (χ1) is 9.51. The molecule has 1 amide bonds. The Bertz CT molecular complexity index is 603. The molecule has 5 nitrogen and oxygen atoms in total. The topological polar surface area (TPSA) is 58.4 Å². The van der Waals surface area contributed by atoms with Crippen LogP contribution in [0.2, 0.25) is 0 Å². The summed E-state index contributed by atoms with van der Waals surface area (Å²) in [7, 11) is 3.52. The number of amides is 1. The number of oxazole rings is 1. The van der Waals surface area contributed by atoms with Crippen molar-refractivity contribution in [3.63, 3.8) is 0 Å². The average Bonchev–Trinajstić information content (AvgIpc) is 2.96. The maximum absolute atomic E-state index is 11.3. The van der Waals surface area contributed by atoms with Crippen molar-refractivity contribution in [2.45, 2.75) is 20.4 Å². The monoisotopic (exact) mass is 293 g/mol. The van der Waals surface area contributed by atoms with Crippen LogP contribution >= 0.6 is 11.3 Å². The summed E-state index contributed by atoms with van der Waals surface area (Å²) in [5, 5.41) is 4.64. The molecule has 0 saturated carbocycles. The van der Waals surface area contributed by atoms with Crippen molar-refractivity contribution in [3.05, 3.63) is 28.5 Å². The van der Waals surface area contributed by atoms with Crippen molar-refractivity contribution in [2.24, 2.45) is 0 Å². The molecule has 0 radical (unpaired) electrons. The van der Waals surface area contributed by atoms with Crippen LogP contribution in [0.3, 0.4) is 0 Å². The van der Waals surface area contributed by atoms with Gasteiger partial charge in [-0.1, -0.05) is 0 Å². The molecule has 0 unspecified atom stereocenters. The lowest BCUT2D eigenvalue weighted by atomic mass is 10.3. The Balaban J connectivity index is 2.12. The lowest BCUT2D eigenvalue weighted by molar-refractivity contribution is -0.121. The second kappa shape index (κ2) is 6.19. The maximum Gasteiger partial charge on any atom is 0.237 e. The molecule has 108 valence electrons. The van der Waals surface area contributed by atoms with Gasteiger partial charge in [0, 0.05) is 13.6 Å². The van der Waals surface area contributed by atoms with E-state index in [-0.39, 0.29) is 5.91 Å². The fraction of sp³-hybridized carbons (Fsp3) is 0.429. The fourth-order valence-corrected chi connectivity index (χ4v) is 2.75. The number of nitrogens with one attached hydrogen (secondary N) is 1. The van der Waals surface area contributed by atoms with Gasteiger partial charge in [0.05, 0.1) is 17.1 Å². The van der Waals surface area contributed by atoms with E-state index in [4.69, 9.17) is 4.42 Å². The van der Waals surface area contributed by atoms with Crippen LogP contribution in [0.4, 0.5) is 0 Å². The van der Waals surface area contributed by atoms with Crippen molar-refractivity contribution in [1.82, 2.24) is 15.2 Å². The maximum atomic E-state index is 11.3. The molecule has 0 fully saturated rings. The summed E-state index contributed by atoms with van der Waals surface area (Å²) >= 11 is 1.62. The molecule has 0 spiro atoms. The van der Waals surface area contributed by atoms with E-state index >= 15 is 0 Å². The van der Waals surface area contributed by atoms with E-state index in [1.165, 1.54) is 5.56 Å². The largest absolute Gasteiger partial charge is 0.440 e. The number of hydrogen-bond acceptors (Lipinski definition) is 5. The van der Waals surface area contributed by atoms with Gasteiger partial charge in [0.25, 0.3) is 0 Å². The van der Waals surface area contributed by atoms with E-state index in [1.807, 2.05) is 31.2 Å². The number of carbonyl (C=O) groups excluding carboxylic acids is 1. The molecule has 0 aliphatic heterocycles. The Morgan fingerprint density at radius 3 is 2.85 bits per heavy atom. The summed E-state index contributed by atoms with van der Waals surface area (Å²) in [6.07, 6.45) is 0. The number of nitrogens with zero attached hydrogens (tertiary/aromatic N) is 2. The molecule has 0 saturated heterocycles. The van der Waals surface area contributed by atoms with Crippen LogP contribution in [0.15, 0.2) is 15.9 Å². The Morgan fingerprint density at radius 2 is 2.25 bits per heavy atom. The number of rotatable bonds is 5. The van der Waals surface area contributed by atoms with Gasteiger partial charge < -0.3 is 9.73 Å². The third-order valence-corrected chi connectivity index (χ3v) is 4.07. The first-order valence-corrected chi connectivity index (χ1v) is 7.29. The second-order valence-electron chi connectivity index (χ2n) is 4.80. The van der Waals surface area contributed by atoms with Crippen LogP contribution in [0.1, 0.15) is 17.0 Å². The molecule has 0 atom stereocenters. The van der Waals surface area contributed by atoms with E-state index in [2.05, 4.69) is 16.4 Å². The van der Waals surface area contributed by atoms with Gasteiger partial charge in [-0.25, -0.2) is 4.98 Å². The van der Waals surface area contributed by atoms with Crippen LogP contribution < -0.4 is 5.32 Å². The summed E-state index contributed by atoms with van der Waals surface area (Å²) in [5.74, 6) is 1.46. The van der Waals surface area contributed by atoms with E-state index in [0.717, 1.165) is 16.3 Å². The minimum atomic E-state index is -0.0111. The highest BCUT2D eigenvalue weighted by atomic mass is 32.1. The highest BCUT2D eigenvalue weighted by Gasteiger charge is 2.16. The number of thiophene rings is 1. The highest BCUT2D eigenvalue weighted by molar-refractivity contribution is 7.13. The summed E-state index contributed by atoms with van der Waals surface area (Å²) in [4.78, 5) is 18.9. The summed E-state index contributed by atoms with van der Waals surface area (Å²) < 4.78 is 5.74. The molecular formula is C14H19N3O2S. The first kappa shape index (κ1) is 14.7. The lowest BCUT2D eigenvalue weighted by Crippen LogP contribution is -2.32. The van der Waals surface area contributed by atoms with Gasteiger partial charge >= 0.3 is 0 Å². The predicted octanol–water partition coefficient (Wildman–Crippen LogP) is 2.20. The van der Waals surface area contributed by atoms with Crippen molar-refractivity contribution in [2.75, 3.05) is 20.6 Å². The molecule has 20 heavy (non-hydrogen) atoms. The van der Waals surface area contributed by atoms with Gasteiger partial charge in [-0.2, -0.15) is 0 Å². The van der Waals surface area contributed by atoms with E-state index < -0.39 is 0 Å². The zero-order valence-corrected chi connectivity index (χ0v) is 13.0. The SMILES string of the molecule is CNC(=O)CN(C)Cc1nc(-c2sccc2C)oc1C. The Morgan fingerprint density at radius 1 is 1.50 bits per heavy atom. The minimum absolute atomic E-state index is 0.0111. The van der Waals surface area contributed by atoms with E-state index in [9.17, 15) is 4.79 Å². The summed E-state index contributed by atoms with van der Waals surface area (Å²) in [6.45, 7) is 4.88. The fourth-order valence-electron chi connectivity index (χ4n) is 1.90. The van der Waals surface area contributed by atoms with Crippen LogP contribution in [-0.4, -0.2) is 36.4 Å². The molecule has 0 bridgehead atoms. The molecule has 2 heterocycles. The first-order valence-electron chi connectivity index (χ1n) is 6.41. The van der Waals surface area contributed by atoms with Gasteiger partial charge in [-0.3, -0.25) is 9.69 Å². The van der Waals surface area contributed by atoms with Crippen LogP contribution in [-0.2, 0) is 11.3 Å². The number of carbonyl (C=O) groups is 1. The molecule has 2 aromatic rings. The van der Waals surface area contributed by atoms with Gasteiger partial charge in [0.2, 0.25) is 11.8 Å². The van der Waals surface area contributed by atoms with Crippen molar-refractivity contribution < 1.29 is 9.21 Å². The molecule has 2 aromatic heterocycles. The lowest BCUT2D eigenvalue weighted by Gasteiger charge is -2.13. The van der Waals surface area contributed by atoms with Crippen molar-refractivity contribution in [1.29, 1.82) is 0 Å². The quantitative estimate of drug-likeness (QED) is 0.918. The number of aromatic nitrogens is 1. The van der Waals surface area contributed by atoms with Crippen molar-refractivity contribution in [3.8, 4) is 10.8 Å². The van der Waals surface area contributed by atoms with Crippen LogP contribution in [0.5, 0.6) is 0 Å². The van der Waals surface area contributed by atoms with Crippen LogP contribution in [0, 0.1) is 13.8 Å². The molecule has 1 N–H and O–H groups in total. The summed E-state index contributed by atoms with van der Waals surface area (Å²) in [5.41, 5.74) is 2.04. The summed E-state index contributed by atoms with van der Waals surface area (Å²) in [6, 6.07) is 2.05. The number of hydrogen-bond donors (Lipinski definition) is 1. The normalized spacial score (nSPS) is 11.1. The van der Waals surface area contributed by atoms with Gasteiger partial charge in [0.15, 0.2) is 0 Å². The van der Waals surface area contributed by atoms with Crippen molar-refractivity contribution >= 4 is 17.2 Å². The highest BCUT2D eigenvalue weighted by Crippen LogP contribution is 2.29. The standard InChI is InChI=1S/C14H19N3O2S/c1-9-5-6-20-13(9)14-16-11(10(2)19-14)7-17(4)8-12(18)15-3/h5-6H,7-8H2,1-4H3,(H,15,18). The van der Waals surface area contributed by atoms with Gasteiger partial charge in [-0.15, -0.1) is 11.3 Å². The minimum Gasteiger partial charge on any atom is -0.440 e. The second-order valence-corrected chi connectivity index (χ2v) is 5.72. The molecular weight excluding hydrogens is 274 g/mol. The predicted molar refractivity (Wildman–Crippen MR) is 79.7 cm³/mol. The van der Waals surface area contributed by atoms with Crippen LogP contribution in [0.25, 0.3) is 10.8 Å². The molecule has 2 rings (SSSR count). The zero-order valence-electron chi connectivity index (χ0n) is 12.2. The molecule has 0 aliphatic rings. The zero-order chi connectivity index (χ0) is 14.7. The number of aryl methyl sites for hydroxylation is 2. The third kappa shape index (κ3) is 3.26. The van der Waals surface area contributed by atoms with Gasteiger partial charge in [0.1, 0.15) is 5.76 Å². The van der Waals surface area contributed by atoms with Gasteiger partial charge in [-0.05, 0) is 37.9 Å². The molecule has 6 heteroatoms. The third-order valence-electron chi connectivity index (χ3n) is 3.06. The molecule has 0 aromatic carbocycles.